The zero-order valence-electron chi connectivity index (χ0n) is 18.7. The molecule has 0 radical (unpaired) electrons. The molecular weight excluding hydrogens is 433 g/mol. The average Bonchev–Trinajstić information content (AvgIpc) is 2.78. The van der Waals surface area contributed by atoms with E-state index in [1.54, 1.807) is 0 Å². The van der Waals surface area contributed by atoms with Gasteiger partial charge in [-0.05, 0) is 36.6 Å². The minimum Gasteiger partial charge on any atom is -0.481 e. The molecule has 3 rings (SSSR count). The lowest BCUT2D eigenvalue weighted by Gasteiger charge is -2.34. The summed E-state index contributed by atoms with van der Waals surface area (Å²) in [6.07, 6.45) is 1.83. The zero-order valence-corrected chi connectivity index (χ0v) is 18.7. The summed E-state index contributed by atoms with van der Waals surface area (Å²) in [5.74, 6) is -0.860. The number of carbonyl (C=O) groups is 1. The molecule has 0 aliphatic carbocycles. The molecule has 2 heterocycles. The molecule has 0 spiro atoms. The third kappa shape index (κ3) is 7.00. The van der Waals surface area contributed by atoms with Gasteiger partial charge in [0.25, 0.3) is 5.56 Å². The number of benzene rings is 1. The van der Waals surface area contributed by atoms with Gasteiger partial charge in [-0.1, -0.05) is 0 Å². The van der Waals surface area contributed by atoms with E-state index in [0.717, 1.165) is 17.4 Å². The van der Waals surface area contributed by atoms with Gasteiger partial charge in [0, 0.05) is 39.4 Å². The van der Waals surface area contributed by atoms with Crippen molar-refractivity contribution in [2.75, 3.05) is 31.7 Å². The smallest absolute Gasteiger partial charge is 0.332 e. The molecule has 0 saturated carbocycles. The molecule has 0 unspecified atom stereocenters. The number of hydrogen-bond acceptors (Lipinski definition) is 7. The highest BCUT2D eigenvalue weighted by Gasteiger charge is 2.22. The van der Waals surface area contributed by atoms with Crippen molar-refractivity contribution in [3.63, 3.8) is 0 Å². The molecule has 10 nitrogen and oxygen atoms in total. The highest BCUT2D eigenvalue weighted by molar-refractivity contribution is 5.66. The Morgan fingerprint density at radius 2 is 2.09 bits per heavy atom. The summed E-state index contributed by atoms with van der Waals surface area (Å²) in [7, 11) is 2.87. The molecule has 1 aromatic carbocycles. The quantitative estimate of drug-likeness (QED) is 0.638. The van der Waals surface area contributed by atoms with Crippen LogP contribution >= 0.6 is 0 Å². The molecule has 3 N–H and O–H groups in total. The number of carboxylic acid groups (broad SMARTS) is 1. The Labute approximate surface area is 190 Å². The molecule has 2 aromatic rings. The summed E-state index contributed by atoms with van der Waals surface area (Å²) in [5.41, 5.74) is 5.77. The Morgan fingerprint density at radius 3 is 2.67 bits per heavy atom. The first kappa shape index (κ1) is 25.8. The number of rotatable bonds is 6. The Kier molecular flexibility index (Phi) is 9.32. The van der Waals surface area contributed by atoms with Crippen LogP contribution in [0.2, 0.25) is 0 Å². The van der Waals surface area contributed by atoms with Crippen LogP contribution in [0.4, 0.5) is 10.2 Å². The SMILES string of the molecule is COCCC(=O)O.Cn1c(=O)cc(N2CCC[C@@H](N)C2)n(Cc2cc(F)ccc2C#N)c1=O. The number of anilines is 1. The van der Waals surface area contributed by atoms with E-state index in [4.69, 9.17) is 10.8 Å². The third-order valence-electron chi connectivity index (χ3n) is 5.20. The maximum atomic E-state index is 13.7. The number of halogens is 1. The second-order valence-electron chi connectivity index (χ2n) is 7.67. The highest BCUT2D eigenvalue weighted by atomic mass is 19.1. The maximum Gasteiger partial charge on any atom is 0.332 e. The lowest BCUT2D eigenvalue weighted by molar-refractivity contribution is -0.137. The Hall–Kier alpha value is -3.49. The first-order valence-corrected chi connectivity index (χ1v) is 10.4. The van der Waals surface area contributed by atoms with Crippen molar-refractivity contribution in [1.82, 2.24) is 9.13 Å². The monoisotopic (exact) mass is 461 g/mol. The van der Waals surface area contributed by atoms with Crippen LogP contribution in [0.25, 0.3) is 0 Å². The van der Waals surface area contributed by atoms with E-state index in [2.05, 4.69) is 4.74 Å². The summed E-state index contributed by atoms with van der Waals surface area (Å²) in [4.78, 5) is 36.4. The highest BCUT2D eigenvalue weighted by Crippen LogP contribution is 2.19. The molecule has 1 aliphatic rings. The largest absolute Gasteiger partial charge is 0.481 e. The molecule has 11 heteroatoms. The molecule has 1 fully saturated rings. The Balaban J connectivity index is 0.000000479. The van der Waals surface area contributed by atoms with Crippen molar-refractivity contribution in [2.45, 2.75) is 31.8 Å². The lowest BCUT2D eigenvalue weighted by Crippen LogP contribution is -2.47. The number of aliphatic carboxylic acids is 1. The molecule has 178 valence electrons. The second kappa shape index (κ2) is 11.9. The third-order valence-corrected chi connectivity index (χ3v) is 5.20. The molecule has 33 heavy (non-hydrogen) atoms. The van der Waals surface area contributed by atoms with Gasteiger partial charge < -0.3 is 20.5 Å². The fourth-order valence-corrected chi connectivity index (χ4v) is 3.45. The van der Waals surface area contributed by atoms with Crippen LogP contribution in [-0.4, -0.2) is 53.1 Å². The van der Waals surface area contributed by atoms with Crippen molar-refractivity contribution in [3.8, 4) is 6.07 Å². The van der Waals surface area contributed by atoms with Gasteiger partial charge in [-0.25, -0.2) is 9.18 Å². The lowest BCUT2D eigenvalue weighted by atomic mass is 10.1. The summed E-state index contributed by atoms with van der Waals surface area (Å²) in [6.45, 7) is 1.50. The number of piperidine rings is 1. The molecule has 1 atom stereocenters. The molecule has 0 amide bonds. The first-order valence-electron chi connectivity index (χ1n) is 10.4. The molecule has 1 aromatic heterocycles. The normalized spacial score (nSPS) is 15.4. The summed E-state index contributed by atoms with van der Waals surface area (Å²) < 4.78 is 20.5. The fourth-order valence-electron chi connectivity index (χ4n) is 3.45. The predicted molar refractivity (Wildman–Crippen MR) is 120 cm³/mol. The number of ether oxygens (including phenoxy) is 1. The van der Waals surface area contributed by atoms with E-state index < -0.39 is 23.0 Å². The van der Waals surface area contributed by atoms with Crippen molar-refractivity contribution < 1.29 is 19.0 Å². The molecule has 1 saturated heterocycles. The number of nitriles is 1. The first-order chi connectivity index (χ1) is 15.7. The van der Waals surface area contributed by atoms with Gasteiger partial charge in [-0.2, -0.15) is 5.26 Å². The van der Waals surface area contributed by atoms with Crippen LogP contribution in [0, 0.1) is 17.1 Å². The van der Waals surface area contributed by atoms with Crippen LogP contribution in [-0.2, 0) is 23.1 Å². The summed E-state index contributed by atoms with van der Waals surface area (Å²) in [5, 5.41) is 17.2. The predicted octanol–water partition coefficient (Wildman–Crippen LogP) is 0.641. The van der Waals surface area contributed by atoms with E-state index in [1.807, 2.05) is 11.0 Å². The van der Waals surface area contributed by atoms with Gasteiger partial charge in [0.2, 0.25) is 0 Å². The Bertz CT molecular complexity index is 1140. The maximum absolute atomic E-state index is 13.7. The number of carboxylic acids is 1. The fraction of sp³-hybridized carbons (Fsp3) is 0.455. The minimum atomic E-state index is -0.818. The molecular formula is C22H28FN5O5. The number of aromatic nitrogens is 2. The van der Waals surface area contributed by atoms with Gasteiger partial charge >= 0.3 is 11.7 Å². The van der Waals surface area contributed by atoms with Crippen LogP contribution in [0.15, 0.2) is 33.9 Å². The van der Waals surface area contributed by atoms with Gasteiger partial charge in [0.1, 0.15) is 11.6 Å². The topological polar surface area (TPSA) is 144 Å². The van der Waals surface area contributed by atoms with E-state index in [0.29, 0.717) is 31.1 Å². The van der Waals surface area contributed by atoms with E-state index in [9.17, 15) is 24.0 Å². The minimum absolute atomic E-state index is 0.00528. The number of hydrogen-bond donors (Lipinski definition) is 2. The van der Waals surface area contributed by atoms with E-state index in [-0.39, 0.29) is 24.6 Å². The van der Waals surface area contributed by atoms with Crippen molar-refractivity contribution in [1.29, 1.82) is 5.26 Å². The van der Waals surface area contributed by atoms with Gasteiger partial charge in [-0.15, -0.1) is 0 Å². The van der Waals surface area contributed by atoms with Crippen molar-refractivity contribution in [3.05, 3.63) is 62.0 Å². The zero-order chi connectivity index (χ0) is 24.5. The summed E-state index contributed by atoms with van der Waals surface area (Å²) in [6, 6.07) is 7.19. The Morgan fingerprint density at radius 1 is 1.36 bits per heavy atom. The van der Waals surface area contributed by atoms with E-state index >= 15 is 0 Å². The standard InChI is InChI=1S/C18H20FN5O2.C4H8O3/c1-22-17(25)8-16(23-6-2-3-15(21)11-23)24(18(22)26)10-13-7-14(19)5-4-12(13)9-20;1-7-3-2-4(5)6/h4-5,7-8,15H,2-3,6,10-11,21H2,1H3;2-3H2,1H3,(H,5,6)/t15-;/m1./s1. The van der Waals surface area contributed by atoms with E-state index in [1.165, 1.54) is 43.0 Å². The summed E-state index contributed by atoms with van der Waals surface area (Å²) >= 11 is 0. The van der Waals surface area contributed by atoms with Crippen LogP contribution in [0.5, 0.6) is 0 Å². The second-order valence-corrected chi connectivity index (χ2v) is 7.67. The van der Waals surface area contributed by atoms with Crippen molar-refractivity contribution in [2.24, 2.45) is 12.8 Å². The molecule has 1 aliphatic heterocycles. The van der Waals surface area contributed by atoms with Crippen LogP contribution in [0.3, 0.4) is 0 Å². The number of nitrogens with two attached hydrogens (primary N) is 1. The van der Waals surface area contributed by atoms with Crippen LogP contribution < -0.4 is 21.9 Å². The van der Waals surface area contributed by atoms with Gasteiger partial charge in [-0.3, -0.25) is 18.7 Å². The number of nitrogens with zero attached hydrogens (tertiary/aromatic N) is 4. The van der Waals surface area contributed by atoms with Crippen LogP contribution in [0.1, 0.15) is 30.4 Å². The molecule has 0 bridgehead atoms. The van der Waals surface area contributed by atoms with Gasteiger partial charge in [0.05, 0.1) is 31.2 Å². The average molecular weight is 461 g/mol. The van der Waals surface area contributed by atoms with Gasteiger partial charge in [0.15, 0.2) is 0 Å². The number of methoxy groups -OCH3 is 1. The van der Waals surface area contributed by atoms with Crippen molar-refractivity contribution >= 4 is 11.8 Å².